The lowest BCUT2D eigenvalue weighted by atomic mass is 10.1. The van der Waals surface area contributed by atoms with Gasteiger partial charge in [0.15, 0.2) is 0 Å². The Labute approximate surface area is 135 Å². The molecule has 0 spiro atoms. The number of esters is 1. The standard InChI is InChI=1S/C18H19NO4/c1-3-23-16-10-4-13(5-11-16)12-17(20)19-15-8-6-14(7-9-15)18(21)22-2/h4-11H,3,12H2,1-2H3,(H,19,20). The summed E-state index contributed by atoms with van der Waals surface area (Å²) in [5.74, 6) is 0.257. The number of carbonyl (C=O) groups is 2. The van der Waals surface area contributed by atoms with E-state index in [0.717, 1.165) is 11.3 Å². The van der Waals surface area contributed by atoms with E-state index in [0.29, 0.717) is 17.9 Å². The molecule has 0 aliphatic heterocycles. The molecular weight excluding hydrogens is 294 g/mol. The summed E-state index contributed by atoms with van der Waals surface area (Å²) in [7, 11) is 1.33. The van der Waals surface area contributed by atoms with E-state index in [-0.39, 0.29) is 12.3 Å². The van der Waals surface area contributed by atoms with Crippen molar-refractivity contribution in [2.45, 2.75) is 13.3 Å². The number of hydrogen-bond acceptors (Lipinski definition) is 4. The number of nitrogens with one attached hydrogen (secondary N) is 1. The lowest BCUT2D eigenvalue weighted by Gasteiger charge is -2.07. The van der Waals surface area contributed by atoms with Crippen LogP contribution in [0.4, 0.5) is 5.69 Å². The average Bonchev–Trinajstić information content (AvgIpc) is 2.57. The Morgan fingerprint density at radius 1 is 1.00 bits per heavy atom. The zero-order chi connectivity index (χ0) is 16.7. The summed E-state index contributed by atoms with van der Waals surface area (Å²) in [6.07, 6.45) is 0.269. The average molecular weight is 313 g/mol. The Bertz CT molecular complexity index is 662. The smallest absolute Gasteiger partial charge is 0.337 e. The fraction of sp³-hybridized carbons (Fsp3) is 0.222. The van der Waals surface area contributed by atoms with Gasteiger partial charge < -0.3 is 14.8 Å². The zero-order valence-corrected chi connectivity index (χ0v) is 13.2. The molecule has 0 bridgehead atoms. The molecule has 23 heavy (non-hydrogen) atoms. The van der Waals surface area contributed by atoms with Crippen molar-refractivity contribution in [1.82, 2.24) is 0 Å². The largest absolute Gasteiger partial charge is 0.494 e. The summed E-state index contributed by atoms with van der Waals surface area (Å²) >= 11 is 0. The van der Waals surface area contributed by atoms with E-state index in [9.17, 15) is 9.59 Å². The molecule has 120 valence electrons. The van der Waals surface area contributed by atoms with Crippen LogP contribution in [0.5, 0.6) is 5.75 Å². The summed E-state index contributed by atoms with van der Waals surface area (Å²) in [5.41, 5.74) is 1.97. The summed E-state index contributed by atoms with van der Waals surface area (Å²) < 4.78 is 9.99. The van der Waals surface area contributed by atoms with E-state index in [1.807, 2.05) is 31.2 Å². The number of rotatable bonds is 6. The Balaban J connectivity index is 1.92. The Morgan fingerprint density at radius 2 is 1.65 bits per heavy atom. The first-order valence-corrected chi connectivity index (χ1v) is 7.32. The quantitative estimate of drug-likeness (QED) is 0.833. The molecule has 2 aromatic rings. The summed E-state index contributed by atoms with van der Waals surface area (Å²) in [4.78, 5) is 23.4. The summed E-state index contributed by atoms with van der Waals surface area (Å²) in [6, 6.07) is 14.0. The minimum Gasteiger partial charge on any atom is -0.494 e. The fourth-order valence-corrected chi connectivity index (χ4v) is 2.07. The SMILES string of the molecule is CCOc1ccc(CC(=O)Nc2ccc(C(=O)OC)cc2)cc1. The van der Waals surface area contributed by atoms with E-state index >= 15 is 0 Å². The molecule has 5 heteroatoms. The molecule has 0 heterocycles. The number of ether oxygens (including phenoxy) is 2. The van der Waals surface area contributed by atoms with Gasteiger partial charge in [0.1, 0.15) is 5.75 Å². The van der Waals surface area contributed by atoms with Gasteiger partial charge in [0.25, 0.3) is 0 Å². The molecule has 0 aliphatic rings. The number of hydrogen-bond donors (Lipinski definition) is 1. The van der Waals surface area contributed by atoms with Gasteiger partial charge in [-0.05, 0) is 48.9 Å². The van der Waals surface area contributed by atoms with Crippen LogP contribution in [0.25, 0.3) is 0 Å². The van der Waals surface area contributed by atoms with Crippen LogP contribution < -0.4 is 10.1 Å². The van der Waals surface area contributed by atoms with Gasteiger partial charge in [0.05, 0.1) is 25.7 Å². The molecule has 0 aromatic heterocycles. The monoisotopic (exact) mass is 313 g/mol. The van der Waals surface area contributed by atoms with Crippen LogP contribution in [-0.4, -0.2) is 25.6 Å². The summed E-state index contributed by atoms with van der Waals surface area (Å²) in [5, 5.41) is 2.79. The third-order valence-corrected chi connectivity index (χ3v) is 3.19. The number of carbonyl (C=O) groups excluding carboxylic acids is 2. The van der Waals surface area contributed by atoms with Crippen LogP contribution >= 0.6 is 0 Å². The zero-order valence-electron chi connectivity index (χ0n) is 13.2. The van der Waals surface area contributed by atoms with Crippen LogP contribution in [0.15, 0.2) is 48.5 Å². The van der Waals surface area contributed by atoms with Crippen molar-refractivity contribution < 1.29 is 19.1 Å². The van der Waals surface area contributed by atoms with E-state index < -0.39 is 5.97 Å². The normalized spacial score (nSPS) is 10.0. The molecular formula is C18H19NO4. The maximum absolute atomic E-state index is 12.0. The van der Waals surface area contributed by atoms with E-state index in [1.54, 1.807) is 24.3 Å². The van der Waals surface area contributed by atoms with E-state index in [2.05, 4.69) is 10.1 Å². The Kier molecular flexibility index (Phi) is 5.74. The van der Waals surface area contributed by atoms with Crippen molar-refractivity contribution in [2.24, 2.45) is 0 Å². The Morgan fingerprint density at radius 3 is 2.22 bits per heavy atom. The van der Waals surface area contributed by atoms with Crippen LogP contribution in [0.2, 0.25) is 0 Å². The molecule has 0 fully saturated rings. The highest BCUT2D eigenvalue weighted by Gasteiger charge is 2.07. The van der Waals surface area contributed by atoms with E-state index in [4.69, 9.17) is 4.74 Å². The fourth-order valence-electron chi connectivity index (χ4n) is 2.07. The highest BCUT2D eigenvalue weighted by molar-refractivity contribution is 5.94. The first-order valence-electron chi connectivity index (χ1n) is 7.32. The van der Waals surface area contributed by atoms with Gasteiger partial charge in [0.2, 0.25) is 5.91 Å². The maximum atomic E-state index is 12.0. The molecule has 0 saturated heterocycles. The molecule has 1 N–H and O–H groups in total. The molecule has 1 amide bonds. The number of amides is 1. The molecule has 0 atom stereocenters. The van der Waals surface area contributed by atoms with Gasteiger partial charge in [-0.15, -0.1) is 0 Å². The molecule has 0 saturated carbocycles. The predicted octanol–water partition coefficient (Wildman–Crippen LogP) is 3.05. The summed E-state index contributed by atoms with van der Waals surface area (Å²) in [6.45, 7) is 2.54. The van der Waals surface area contributed by atoms with Gasteiger partial charge >= 0.3 is 5.97 Å². The van der Waals surface area contributed by atoms with Crippen molar-refractivity contribution >= 4 is 17.6 Å². The molecule has 0 unspecified atom stereocenters. The lowest BCUT2D eigenvalue weighted by molar-refractivity contribution is -0.115. The van der Waals surface area contributed by atoms with Gasteiger partial charge in [-0.2, -0.15) is 0 Å². The van der Waals surface area contributed by atoms with Crippen molar-refractivity contribution in [1.29, 1.82) is 0 Å². The third-order valence-electron chi connectivity index (χ3n) is 3.19. The van der Waals surface area contributed by atoms with Crippen molar-refractivity contribution in [3.8, 4) is 5.75 Å². The predicted molar refractivity (Wildman–Crippen MR) is 87.7 cm³/mol. The van der Waals surface area contributed by atoms with Crippen molar-refractivity contribution in [2.75, 3.05) is 19.0 Å². The highest BCUT2D eigenvalue weighted by Crippen LogP contribution is 2.14. The molecule has 0 radical (unpaired) electrons. The van der Waals surface area contributed by atoms with Crippen molar-refractivity contribution in [3.05, 3.63) is 59.7 Å². The van der Waals surface area contributed by atoms with Gasteiger partial charge in [-0.1, -0.05) is 12.1 Å². The van der Waals surface area contributed by atoms with Crippen LogP contribution in [0.3, 0.4) is 0 Å². The van der Waals surface area contributed by atoms with Gasteiger partial charge in [0, 0.05) is 5.69 Å². The van der Waals surface area contributed by atoms with Crippen molar-refractivity contribution in [3.63, 3.8) is 0 Å². The van der Waals surface area contributed by atoms with Crippen LogP contribution in [0, 0.1) is 0 Å². The highest BCUT2D eigenvalue weighted by atomic mass is 16.5. The number of benzene rings is 2. The topological polar surface area (TPSA) is 64.6 Å². The van der Waals surface area contributed by atoms with Gasteiger partial charge in [-0.3, -0.25) is 4.79 Å². The maximum Gasteiger partial charge on any atom is 0.337 e. The first kappa shape index (κ1) is 16.5. The third kappa shape index (κ3) is 4.85. The number of anilines is 1. The first-order chi connectivity index (χ1) is 11.1. The number of methoxy groups -OCH3 is 1. The molecule has 2 rings (SSSR count). The van der Waals surface area contributed by atoms with Gasteiger partial charge in [-0.25, -0.2) is 4.79 Å². The Hall–Kier alpha value is -2.82. The molecule has 2 aromatic carbocycles. The van der Waals surface area contributed by atoms with E-state index in [1.165, 1.54) is 7.11 Å². The lowest BCUT2D eigenvalue weighted by Crippen LogP contribution is -2.14. The van der Waals surface area contributed by atoms with Crippen LogP contribution in [0.1, 0.15) is 22.8 Å². The molecule has 5 nitrogen and oxygen atoms in total. The second kappa shape index (κ2) is 7.98. The second-order valence-corrected chi connectivity index (χ2v) is 4.87. The van der Waals surface area contributed by atoms with Crippen LogP contribution in [-0.2, 0) is 16.0 Å². The minimum absolute atomic E-state index is 0.125. The minimum atomic E-state index is -0.405. The second-order valence-electron chi connectivity index (χ2n) is 4.87. The molecule has 0 aliphatic carbocycles.